The molecular formula is C29H35F2N7O. The highest BCUT2D eigenvalue weighted by atomic mass is 19.1. The van der Waals surface area contributed by atoms with E-state index in [1.165, 1.54) is 6.07 Å². The van der Waals surface area contributed by atoms with Gasteiger partial charge in [0.25, 0.3) is 0 Å². The van der Waals surface area contributed by atoms with E-state index in [4.69, 9.17) is 0 Å². The minimum Gasteiger partial charge on any atom is -0.388 e. The summed E-state index contributed by atoms with van der Waals surface area (Å²) in [5.41, 5.74) is 1.62. The second-order valence-electron chi connectivity index (χ2n) is 10.9. The monoisotopic (exact) mass is 535 g/mol. The first kappa shape index (κ1) is 27.1. The molecular weight excluding hydrogens is 500 g/mol. The lowest BCUT2D eigenvalue weighted by Crippen LogP contribution is -2.41. The Labute approximate surface area is 227 Å². The number of aliphatic hydroxyl groups excluding tert-OH is 1. The summed E-state index contributed by atoms with van der Waals surface area (Å²) in [6, 6.07) is 6.57. The number of aromatic nitrogens is 5. The van der Waals surface area contributed by atoms with Crippen LogP contribution in [0.3, 0.4) is 0 Å². The number of piperidine rings is 1. The number of nitrogens with zero attached hydrogens (tertiary/aromatic N) is 6. The van der Waals surface area contributed by atoms with Crippen LogP contribution in [0.4, 0.5) is 20.5 Å². The quantitative estimate of drug-likeness (QED) is 0.302. The second kappa shape index (κ2) is 10.6. The first-order chi connectivity index (χ1) is 18.6. The average Bonchev–Trinajstić information content (AvgIpc) is 3.27. The number of aryl methyl sites for hydroxylation is 1. The molecule has 0 amide bonds. The van der Waals surface area contributed by atoms with E-state index in [1.54, 1.807) is 18.3 Å². The molecule has 5 rings (SSSR count). The van der Waals surface area contributed by atoms with Crippen LogP contribution in [0.1, 0.15) is 64.1 Å². The Bertz CT molecular complexity index is 1480. The molecule has 0 aliphatic carbocycles. The number of benzene rings is 1. The number of hydrogen-bond acceptors (Lipinski definition) is 7. The fraction of sp³-hybridized carbons (Fsp3) is 0.448. The van der Waals surface area contributed by atoms with Crippen molar-refractivity contribution < 1.29 is 13.9 Å². The van der Waals surface area contributed by atoms with Crippen LogP contribution in [0.15, 0.2) is 36.7 Å². The number of likely N-dealkylation sites (tertiary alicyclic amines) is 1. The molecule has 1 saturated heterocycles. The van der Waals surface area contributed by atoms with Gasteiger partial charge in [-0.2, -0.15) is 0 Å². The summed E-state index contributed by atoms with van der Waals surface area (Å²) < 4.78 is 31.7. The van der Waals surface area contributed by atoms with Crippen molar-refractivity contribution in [3.8, 4) is 11.3 Å². The molecule has 4 heterocycles. The van der Waals surface area contributed by atoms with Gasteiger partial charge in [0, 0.05) is 23.2 Å². The fourth-order valence-electron chi connectivity index (χ4n) is 5.50. The number of halogens is 2. The number of imidazole rings is 1. The van der Waals surface area contributed by atoms with Crippen molar-refractivity contribution in [2.75, 3.05) is 25.0 Å². The van der Waals surface area contributed by atoms with Gasteiger partial charge in [-0.3, -0.25) is 0 Å². The van der Waals surface area contributed by atoms with Gasteiger partial charge in [-0.05, 0) is 77.0 Å². The molecule has 10 heteroatoms. The Balaban J connectivity index is 1.38. The molecule has 1 aromatic carbocycles. The second-order valence-corrected chi connectivity index (χ2v) is 10.9. The van der Waals surface area contributed by atoms with Crippen LogP contribution in [0.2, 0.25) is 0 Å². The predicted molar refractivity (Wildman–Crippen MR) is 148 cm³/mol. The maximum atomic E-state index is 15.0. The molecule has 2 N–H and O–H groups in total. The van der Waals surface area contributed by atoms with Crippen LogP contribution in [0, 0.1) is 24.0 Å². The van der Waals surface area contributed by atoms with Crippen molar-refractivity contribution in [2.24, 2.45) is 5.41 Å². The summed E-state index contributed by atoms with van der Waals surface area (Å²) in [4.78, 5) is 19.6. The summed E-state index contributed by atoms with van der Waals surface area (Å²) in [7, 11) is 0. The molecule has 39 heavy (non-hydrogen) atoms. The fourth-order valence-corrected chi connectivity index (χ4v) is 5.50. The Morgan fingerprint density at radius 3 is 2.44 bits per heavy atom. The van der Waals surface area contributed by atoms with Crippen LogP contribution in [0.25, 0.3) is 22.3 Å². The molecule has 1 atom stereocenters. The maximum absolute atomic E-state index is 15.0. The molecule has 0 unspecified atom stereocenters. The standard InChI is InChI=1S/C29H35F2N7O/c1-6-37-11-9-29(5,10-12-37)27(39)19-7-8-24(32-15-19)35-28-33-16-22(31)25(36-28)20-13-21(30)26-23(14-20)38(17(2)3)18(4)34-26/h7-8,13-17,27,39H,6,9-12H2,1-5H3,(H,32,33,35,36)/t27-/m1/s1. The molecule has 1 fully saturated rings. The molecule has 0 radical (unpaired) electrons. The molecule has 3 aromatic heterocycles. The van der Waals surface area contributed by atoms with Gasteiger partial charge < -0.3 is 19.9 Å². The minimum absolute atomic E-state index is 0.0270. The van der Waals surface area contributed by atoms with E-state index >= 15 is 0 Å². The lowest BCUT2D eigenvalue weighted by Gasteiger charge is -2.42. The Morgan fingerprint density at radius 1 is 1.05 bits per heavy atom. The van der Waals surface area contributed by atoms with Crippen LogP contribution in [0.5, 0.6) is 0 Å². The number of aliphatic hydroxyl groups is 1. The lowest BCUT2D eigenvalue weighted by atomic mass is 9.73. The van der Waals surface area contributed by atoms with Gasteiger partial charge >= 0.3 is 0 Å². The molecule has 0 bridgehead atoms. The van der Waals surface area contributed by atoms with Gasteiger partial charge in [0.1, 0.15) is 22.9 Å². The molecule has 8 nitrogen and oxygen atoms in total. The summed E-state index contributed by atoms with van der Waals surface area (Å²) >= 11 is 0. The number of fused-ring (bicyclic) bond motifs is 1. The SMILES string of the molecule is CCN1CCC(C)([C@H](O)c2ccc(Nc3ncc(F)c(-c4cc(F)c5nc(C)n(C(C)C)c5c4)n3)nc2)CC1. The van der Waals surface area contributed by atoms with E-state index in [-0.39, 0.29) is 28.6 Å². The normalized spacial score (nSPS) is 16.6. The molecule has 0 saturated carbocycles. The van der Waals surface area contributed by atoms with Crippen LogP contribution < -0.4 is 5.32 Å². The smallest absolute Gasteiger partial charge is 0.229 e. The van der Waals surface area contributed by atoms with Gasteiger partial charge in [-0.25, -0.2) is 28.7 Å². The van der Waals surface area contributed by atoms with Gasteiger partial charge in [0.05, 0.1) is 17.8 Å². The van der Waals surface area contributed by atoms with Crippen LogP contribution in [-0.4, -0.2) is 54.1 Å². The van der Waals surface area contributed by atoms with Crippen molar-refractivity contribution in [3.05, 3.63) is 59.7 Å². The molecule has 1 aliphatic heterocycles. The van der Waals surface area contributed by atoms with E-state index in [2.05, 4.69) is 44.0 Å². The third-order valence-corrected chi connectivity index (χ3v) is 7.91. The number of anilines is 2. The van der Waals surface area contributed by atoms with Gasteiger partial charge in [-0.1, -0.05) is 19.9 Å². The topological polar surface area (TPSA) is 92.0 Å². The van der Waals surface area contributed by atoms with E-state index in [0.29, 0.717) is 22.7 Å². The molecule has 206 valence electrons. The summed E-state index contributed by atoms with van der Waals surface area (Å²) in [5.74, 6) is 0.0502. The largest absolute Gasteiger partial charge is 0.388 e. The summed E-state index contributed by atoms with van der Waals surface area (Å²) in [5, 5.41) is 14.1. The zero-order chi connectivity index (χ0) is 27.9. The zero-order valence-corrected chi connectivity index (χ0v) is 23.0. The molecule has 4 aromatic rings. The lowest BCUT2D eigenvalue weighted by molar-refractivity contribution is -0.0122. The van der Waals surface area contributed by atoms with Crippen molar-refractivity contribution in [3.63, 3.8) is 0 Å². The predicted octanol–water partition coefficient (Wildman–Crippen LogP) is 5.95. The van der Waals surface area contributed by atoms with E-state index in [1.807, 2.05) is 31.4 Å². The zero-order valence-electron chi connectivity index (χ0n) is 23.0. The summed E-state index contributed by atoms with van der Waals surface area (Å²) in [6.07, 6.45) is 3.91. The Kier molecular flexibility index (Phi) is 7.35. The molecule has 1 aliphatic rings. The third-order valence-electron chi connectivity index (χ3n) is 7.91. The van der Waals surface area contributed by atoms with Gasteiger partial charge in [-0.15, -0.1) is 0 Å². The van der Waals surface area contributed by atoms with E-state index in [0.717, 1.165) is 44.2 Å². The third kappa shape index (κ3) is 5.23. The van der Waals surface area contributed by atoms with Crippen molar-refractivity contribution in [1.82, 2.24) is 29.4 Å². The highest BCUT2D eigenvalue weighted by Crippen LogP contribution is 2.42. The number of hydrogen-bond donors (Lipinski definition) is 2. The van der Waals surface area contributed by atoms with Crippen molar-refractivity contribution in [1.29, 1.82) is 0 Å². The highest BCUT2D eigenvalue weighted by Gasteiger charge is 2.37. The number of rotatable bonds is 7. The van der Waals surface area contributed by atoms with Gasteiger partial charge in [0.2, 0.25) is 5.95 Å². The number of nitrogens with one attached hydrogen (secondary N) is 1. The first-order valence-electron chi connectivity index (χ1n) is 13.4. The van der Waals surface area contributed by atoms with Crippen molar-refractivity contribution in [2.45, 2.75) is 59.6 Å². The maximum Gasteiger partial charge on any atom is 0.229 e. The highest BCUT2D eigenvalue weighted by molar-refractivity contribution is 5.83. The van der Waals surface area contributed by atoms with Gasteiger partial charge in [0.15, 0.2) is 11.6 Å². The van der Waals surface area contributed by atoms with E-state index < -0.39 is 17.7 Å². The van der Waals surface area contributed by atoms with Crippen LogP contribution in [-0.2, 0) is 0 Å². The Hall–Kier alpha value is -3.50. The summed E-state index contributed by atoms with van der Waals surface area (Å²) in [6.45, 7) is 13.0. The van der Waals surface area contributed by atoms with E-state index in [9.17, 15) is 13.9 Å². The number of pyridine rings is 1. The minimum atomic E-state index is -0.666. The molecule has 0 spiro atoms. The van der Waals surface area contributed by atoms with Crippen LogP contribution >= 0.6 is 0 Å². The first-order valence-corrected chi connectivity index (χ1v) is 13.4. The average molecular weight is 536 g/mol. The Morgan fingerprint density at radius 2 is 1.79 bits per heavy atom. The van der Waals surface area contributed by atoms with Crippen molar-refractivity contribution >= 4 is 22.8 Å².